The predicted molar refractivity (Wildman–Crippen MR) is 79.2 cm³/mol. The fourth-order valence-electron chi connectivity index (χ4n) is 3.25. The number of nitrogens with one attached hydrogen (secondary N) is 1. The number of benzene rings is 1. The predicted octanol–water partition coefficient (Wildman–Crippen LogP) is 4.39. The molecule has 1 nitrogen and oxygen atoms in total. The summed E-state index contributed by atoms with van der Waals surface area (Å²) in [5, 5.41) is 3.72. The Kier molecular flexibility index (Phi) is 4.52. The second-order valence-corrected chi connectivity index (χ2v) is 6.83. The third kappa shape index (κ3) is 3.11. The first kappa shape index (κ1) is 14.8. The molecule has 1 saturated carbocycles. The molecule has 0 atom stereocenters. The monoisotopic (exact) mass is 283 g/mol. The van der Waals surface area contributed by atoms with Crippen molar-refractivity contribution in [3.05, 3.63) is 34.6 Å². The molecule has 0 spiro atoms. The standard InChI is InChI=1S/C16H23ClFN/c1-11(2)9-19-10-16(7-12(3)8-16)13-5-4-6-14(17)15(13)18/h4-6,11-12,19H,7-10H2,1-3H3. The molecule has 1 aromatic rings. The lowest BCUT2D eigenvalue weighted by Crippen LogP contribution is -2.49. The summed E-state index contributed by atoms with van der Waals surface area (Å²) in [5.74, 6) is 1.04. The second kappa shape index (κ2) is 5.80. The van der Waals surface area contributed by atoms with Crippen molar-refractivity contribution < 1.29 is 4.39 Å². The Labute approximate surface area is 120 Å². The Morgan fingerprint density at radius 1 is 1.42 bits per heavy atom. The van der Waals surface area contributed by atoms with Gasteiger partial charge in [-0.15, -0.1) is 0 Å². The molecule has 1 aliphatic carbocycles. The third-order valence-corrected chi connectivity index (χ3v) is 4.31. The van der Waals surface area contributed by atoms with Crippen LogP contribution in [-0.4, -0.2) is 13.1 Å². The van der Waals surface area contributed by atoms with Gasteiger partial charge < -0.3 is 5.32 Å². The van der Waals surface area contributed by atoms with E-state index in [1.807, 2.05) is 12.1 Å². The van der Waals surface area contributed by atoms with E-state index in [2.05, 4.69) is 26.1 Å². The Hall–Kier alpha value is -0.600. The van der Waals surface area contributed by atoms with Crippen molar-refractivity contribution in [3.63, 3.8) is 0 Å². The van der Waals surface area contributed by atoms with Crippen LogP contribution in [0.1, 0.15) is 39.2 Å². The maximum Gasteiger partial charge on any atom is 0.145 e. The Bertz CT molecular complexity index is 438. The SMILES string of the molecule is CC(C)CNCC1(c2cccc(Cl)c2F)CC(C)C1. The zero-order valence-corrected chi connectivity index (χ0v) is 12.7. The molecule has 3 heteroatoms. The molecule has 1 aromatic carbocycles. The fourth-order valence-corrected chi connectivity index (χ4v) is 3.42. The number of hydrogen-bond acceptors (Lipinski definition) is 1. The van der Waals surface area contributed by atoms with E-state index in [1.165, 1.54) is 0 Å². The van der Waals surface area contributed by atoms with Crippen molar-refractivity contribution in [2.45, 2.75) is 39.0 Å². The normalized spacial score (nSPS) is 26.5. The van der Waals surface area contributed by atoms with E-state index in [4.69, 9.17) is 11.6 Å². The largest absolute Gasteiger partial charge is 0.316 e. The van der Waals surface area contributed by atoms with Crippen molar-refractivity contribution in [1.82, 2.24) is 5.32 Å². The molecular formula is C16H23ClFN. The van der Waals surface area contributed by atoms with Crippen LogP contribution in [0.3, 0.4) is 0 Å². The van der Waals surface area contributed by atoms with E-state index in [0.29, 0.717) is 11.8 Å². The van der Waals surface area contributed by atoms with Gasteiger partial charge in [0.2, 0.25) is 0 Å². The minimum absolute atomic E-state index is 0.0662. The van der Waals surface area contributed by atoms with E-state index in [0.717, 1.165) is 31.5 Å². The number of halogens is 2. The molecule has 2 rings (SSSR count). The van der Waals surface area contributed by atoms with Crippen LogP contribution in [0.2, 0.25) is 5.02 Å². The number of hydrogen-bond donors (Lipinski definition) is 1. The smallest absolute Gasteiger partial charge is 0.145 e. The molecule has 0 aromatic heterocycles. The van der Waals surface area contributed by atoms with E-state index in [1.54, 1.807) is 6.07 Å². The molecule has 0 heterocycles. The first-order valence-electron chi connectivity index (χ1n) is 7.10. The summed E-state index contributed by atoms with van der Waals surface area (Å²) < 4.78 is 14.3. The molecule has 19 heavy (non-hydrogen) atoms. The summed E-state index contributed by atoms with van der Waals surface area (Å²) in [6.45, 7) is 8.40. The number of rotatable bonds is 5. The molecule has 0 aliphatic heterocycles. The van der Waals surface area contributed by atoms with Crippen molar-refractivity contribution in [1.29, 1.82) is 0 Å². The van der Waals surface area contributed by atoms with Gasteiger partial charge in [-0.2, -0.15) is 0 Å². The minimum Gasteiger partial charge on any atom is -0.316 e. The topological polar surface area (TPSA) is 12.0 Å². The van der Waals surface area contributed by atoms with Crippen molar-refractivity contribution in [2.24, 2.45) is 11.8 Å². The quantitative estimate of drug-likeness (QED) is 0.845. The fraction of sp³-hybridized carbons (Fsp3) is 0.625. The molecule has 0 saturated heterocycles. The Morgan fingerprint density at radius 2 is 2.11 bits per heavy atom. The van der Waals surface area contributed by atoms with Crippen LogP contribution < -0.4 is 5.32 Å². The van der Waals surface area contributed by atoms with Gasteiger partial charge in [0.15, 0.2) is 0 Å². The van der Waals surface area contributed by atoms with Gasteiger partial charge in [-0.1, -0.05) is 44.5 Å². The molecule has 0 amide bonds. The molecule has 1 aliphatic rings. The van der Waals surface area contributed by atoms with Crippen LogP contribution in [0.4, 0.5) is 4.39 Å². The van der Waals surface area contributed by atoms with E-state index in [-0.39, 0.29) is 16.3 Å². The maximum atomic E-state index is 14.3. The van der Waals surface area contributed by atoms with Gasteiger partial charge in [0.25, 0.3) is 0 Å². The maximum absolute atomic E-state index is 14.3. The highest BCUT2D eigenvalue weighted by atomic mass is 35.5. The summed E-state index contributed by atoms with van der Waals surface area (Å²) in [7, 11) is 0. The zero-order valence-electron chi connectivity index (χ0n) is 12.0. The average Bonchev–Trinajstić information content (AvgIpc) is 2.29. The lowest BCUT2D eigenvalue weighted by molar-refractivity contribution is 0.147. The molecule has 1 N–H and O–H groups in total. The first-order valence-corrected chi connectivity index (χ1v) is 7.47. The van der Waals surface area contributed by atoms with Crippen molar-refractivity contribution in [2.75, 3.05) is 13.1 Å². The highest BCUT2D eigenvalue weighted by Gasteiger charge is 2.44. The van der Waals surface area contributed by atoms with Gasteiger partial charge in [-0.3, -0.25) is 0 Å². The van der Waals surface area contributed by atoms with Gasteiger partial charge in [0.05, 0.1) is 5.02 Å². The minimum atomic E-state index is -0.234. The molecule has 106 valence electrons. The lowest BCUT2D eigenvalue weighted by Gasteiger charge is -2.47. The van der Waals surface area contributed by atoms with Gasteiger partial charge in [0.1, 0.15) is 5.82 Å². The Morgan fingerprint density at radius 3 is 2.68 bits per heavy atom. The van der Waals surface area contributed by atoms with Crippen LogP contribution in [0.25, 0.3) is 0 Å². The summed E-state index contributed by atoms with van der Waals surface area (Å²) in [6.07, 6.45) is 2.07. The second-order valence-electron chi connectivity index (χ2n) is 6.42. The molecule has 0 unspecified atom stereocenters. The van der Waals surface area contributed by atoms with Gasteiger partial charge in [-0.05, 0) is 42.9 Å². The van der Waals surface area contributed by atoms with Crippen LogP contribution >= 0.6 is 11.6 Å². The van der Waals surface area contributed by atoms with Crippen LogP contribution in [0.15, 0.2) is 18.2 Å². The van der Waals surface area contributed by atoms with Gasteiger partial charge in [0, 0.05) is 12.0 Å². The molecule has 0 bridgehead atoms. The van der Waals surface area contributed by atoms with Crippen LogP contribution in [-0.2, 0) is 5.41 Å². The van der Waals surface area contributed by atoms with E-state index < -0.39 is 0 Å². The zero-order chi connectivity index (χ0) is 14.0. The van der Waals surface area contributed by atoms with Crippen molar-refractivity contribution >= 4 is 11.6 Å². The lowest BCUT2D eigenvalue weighted by atomic mass is 9.59. The molecule has 1 fully saturated rings. The van der Waals surface area contributed by atoms with Gasteiger partial charge >= 0.3 is 0 Å². The van der Waals surface area contributed by atoms with Gasteiger partial charge in [-0.25, -0.2) is 4.39 Å². The average molecular weight is 284 g/mol. The van der Waals surface area contributed by atoms with E-state index >= 15 is 0 Å². The summed E-state index contributed by atoms with van der Waals surface area (Å²) in [4.78, 5) is 0. The first-order chi connectivity index (χ1) is 8.94. The van der Waals surface area contributed by atoms with Crippen LogP contribution in [0, 0.1) is 17.7 Å². The summed E-state index contributed by atoms with van der Waals surface area (Å²) >= 11 is 5.93. The third-order valence-electron chi connectivity index (χ3n) is 4.02. The van der Waals surface area contributed by atoms with E-state index in [9.17, 15) is 4.39 Å². The summed E-state index contributed by atoms with van der Waals surface area (Å²) in [5.41, 5.74) is 0.720. The molecule has 0 radical (unpaired) electrons. The molecular weight excluding hydrogens is 261 g/mol. The highest BCUT2D eigenvalue weighted by molar-refractivity contribution is 6.30. The van der Waals surface area contributed by atoms with Crippen molar-refractivity contribution in [3.8, 4) is 0 Å². The Balaban J connectivity index is 2.17. The summed E-state index contributed by atoms with van der Waals surface area (Å²) in [6, 6.07) is 5.37. The van der Waals surface area contributed by atoms with Crippen LogP contribution in [0.5, 0.6) is 0 Å². The highest BCUT2D eigenvalue weighted by Crippen LogP contribution is 2.48.